The zero-order chi connectivity index (χ0) is 50.0. The van der Waals surface area contributed by atoms with Gasteiger partial charge >= 0.3 is 23.9 Å². The predicted octanol–water partition coefficient (Wildman–Crippen LogP) is 12.0. The molecule has 0 aromatic heterocycles. The van der Waals surface area contributed by atoms with Crippen LogP contribution in [0.1, 0.15) is 62.8 Å². The average Bonchev–Trinajstić information content (AvgIpc) is 3.32. The summed E-state index contributed by atoms with van der Waals surface area (Å²) >= 11 is 15.0. The van der Waals surface area contributed by atoms with Crippen LogP contribution in [-0.2, 0) is 49.0 Å². The molecule has 0 saturated heterocycles. The van der Waals surface area contributed by atoms with E-state index < -0.39 is 34.7 Å². The highest BCUT2D eigenvalue weighted by Gasteiger charge is 2.37. The molecule has 0 spiro atoms. The Bertz CT molecular complexity index is 2260. The molecule has 4 rings (SSSR count). The topological polar surface area (TPSA) is 142 Å². The summed E-state index contributed by atoms with van der Waals surface area (Å²) < 4.78 is 47.4. The summed E-state index contributed by atoms with van der Waals surface area (Å²) in [6.07, 6.45) is 3.40. The van der Waals surface area contributed by atoms with Crippen molar-refractivity contribution in [2.75, 3.05) is 52.9 Å². The highest BCUT2D eigenvalue weighted by atomic mass is 79.9. The van der Waals surface area contributed by atoms with Crippen molar-refractivity contribution in [3.8, 4) is 23.0 Å². The third-order valence-electron chi connectivity index (χ3n) is 10.7. The van der Waals surface area contributed by atoms with Crippen LogP contribution in [0.3, 0.4) is 0 Å². The molecule has 0 amide bonds. The third kappa shape index (κ3) is 15.7. The molecule has 4 aromatic rings. The Morgan fingerprint density at radius 3 is 1.07 bits per heavy atom. The molecule has 0 unspecified atom stereocenters. The summed E-state index contributed by atoms with van der Waals surface area (Å²) in [5, 5.41) is 0. The minimum Gasteiger partial charge on any atom is -0.490 e. The Balaban J connectivity index is 1.76. The van der Waals surface area contributed by atoms with Crippen molar-refractivity contribution < 1.29 is 57.1 Å². The number of hydrogen-bond acceptors (Lipinski definition) is 12. The Kier molecular flexibility index (Phi) is 21.7. The molecule has 68 heavy (non-hydrogen) atoms. The van der Waals surface area contributed by atoms with Crippen LogP contribution >= 0.6 is 63.7 Å². The van der Waals surface area contributed by atoms with Gasteiger partial charge in [-0.3, -0.25) is 0 Å². The highest BCUT2D eigenvalue weighted by Crippen LogP contribution is 2.49. The Morgan fingerprint density at radius 2 is 0.765 bits per heavy atom. The standard InChI is InChI=1S/C52H54Br4O12/c1-9-45(57)63-23-25-65-47-41(53)29-37(30-42(47)54)52(8,38-31-43(55)48(44(56)32-38)66-26-24-64-46(58)10-2)20-19-51(7,35-11-15-39(16-12-35)61-21-27-67-49(59)33(3)4)36-13-17-40(18-14-36)62-22-28-68-50(60)34(5)6/h9-18,29-32H,1-3,5,19-28H2,4,6-8H3. The van der Waals surface area contributed by atoms with E-state index in [0.29, 0.717) is 64.9 Å². The molecule has 0 fully saturated rings. The maximum atomic E-state index is 11.9. The fourth-order valence-corrected chi connectivity index (χ4v) is 9.64. The number of esters is 4. The van der Waals surface area contributed by atoms with Crippen LogP contribution in [0.25, 0.3) is 0 Å². The van der Waals surface area contributed by atoms with E-state index in [-0.39, 0.29) is 52.9 Å². The second-order valence-electron chi connectivity index (χ2n) is 15.7. The summed E-state index contributed by atoms with van der Waals surface area (Å²) in [5.41, 5.74) is 3.23. The van der Waals surface area contributed by atoms with Crippen molar-refractivity contribution in [3.63, 3.8) is 0 Å². The van der Waals surface area contributed by atoms with E-state index in [0.717, 1.165) is 34.4 Å². The summed E-state index contributed by atoms with van der Waals surface area (Å²) in [6.45, 7) is 22.4. The van der Waals surface area contributed by atoms with Gasteiger partial charge in [0, 0.05) is 34.1 Å². The molecule has 0 atom stereocenters. The predicted molar refractivity (Wildman–Crippen MR) is 275 cm³/mol. The van der Waals surface area contributed by atoms with Crippen molar-refractivity contribution in [1.82, 2.24) is 0 Å². The molecule has 0 saturated carbocycles. The molecule has 4 aromatic carbocycles. The quantitative estimate of drug-likeness (QED) is 0.0243. The summed E-state index contributed by atoms with van der Waals surface area (Å²) in [5.74, 6) is 0.245. The first-order valence-corrected chi connectivity index (χ1v) is 24.4. The molecule has 0 bridgehead atoms. The Hall–Kier alpha value is -5.16. The Morgan fingerprint density at radius 1 is 0.471 bits per heavy atom. The zero-order valence-electron chi connectivity index (χ0n) is 38.4. The average molecular weight is 1190 g/mol. The molecule has 0 heterocycles. The van der Waals surface area contributed by atoms with Crippen molar-refractivity contribution >= 4 is 87.6 Å². The fraction of sp³-hybridized carbons (Fsp3) is 0.308. The zero-order valence-corrected chi connectivity index (χ0v) is 44.7. The molecule has 0 aliphatic heterocycles. The van der Waals surface area contributed by atoms with Gasteiger partial charge in [0.05, 0.1) is 17.9 Å². The minimum absolute atomic E-state index is 0.0326. The van der Waals surface area contributed by atoms with E-state index in [9.17, 15) is 19.2 Å². The van der Waals surface area contributed by atoms with Gasteiger partial charge in [-0.1, -0.05) is 64.4 Å². The summed E-state index contributed by atoms with van der Waals surface area (Å²) in [7, 11) is 0. The van der Waals surface area contributed by atoms with Crippen molar-refractivity contribution in [2.45, 2.75) is 51.4 Å². The third-order valence-corrected chi connectivity index (χ3v) is 13.1. The van der Waals surface area contributed by atoms with Crippen molar-refractivity contribution in [1.29, 1.82) is 0 Å². The number of rotatable bonds is 27. The van der Waals surface area contributed by atoms with Crippen LogP contribution < -0.4 is 18.9 Å². The highest BCUT2D eigenvalue weighted by molar-refractivity contribution is 9.11. The Labute approximate surface area is 431 Å². The lowest BCUT2D eigenvalue weighted by atomic mass is 9.66. The van der Waals surface area contributed by atoms with Crippen molar-refractivity contribution in [2.24, 2.45) is 0 Å². The largest absolute Gasteiger partial charge is 0.490 e. The van der Waals surface area contributed by atoms with E-state index in [4.69, 9.17) is 37.9 Å². The molecular weight excluding hydrogens is 1140 g/mol. The van der Waals surface area contributed by atoms with Gasteiger partial charge in [-0.15, -0.1) is 0 Å². The smallest absolute Gasteiger partial charge is 0.333 e. The molecule has 0 radical (unpaired) electrons. The second kappa shape index (κ2) is 26.6. The lowest BCUT2D eigenvalue weighted by molar-refractivity contribution is -0.140. The fourth-order valence-electron chi connectivity index (χ4n) is 6.81. The first-order valence-electron chi connectivity index (χ1n) is 21.3. The summed E-state index contributed by atoms with van der Waals surface area (Å²) in [4.78, 5) is 47.0. The normalized spacial score (nSPS) is 11.1. The molecule has 16 heteroatoms. The van der Waals surface area contributed by atoms with E-state index >= 15 is 0 Å². The number of carbonyl (C=O) groups is 4. The van der Waals surface area contributed by atoms with E-state index in [1.54, 1.807) is 13.8 Å². The monoisotopic (exact) mass is 1190 g/mol. The van der Waals surface area contributed by atoms with Gasteiger partial charge in [-0.05, 0) is 161 Å². The second-order valence-corrected chi connectivity index (χ2v) is 19.1. The van der Waals surface area contributed by atoms with Gasteiger partial charge in [-0.2, -0.15) is 0 Å². The van der Waals surface area contributed by atoms with Gasteiger partial charge in [0.1, 0.15) is 75.9 Å². The van der Waals surface area contributed by atoms with Gasteiger partial charge in [-0.25, -0.2) is 19.2 Å². The molecular formula is C52H54Br4O12. The molecule has 0 aliphatic carbocycles. The molecule has 362 valence electrons. The summed E-state index contributed by atoms with van der Waals surface area (Å²) in [6, 6.07) is 23.8. The van der Waals surface area contributed by atoms with Crippen LogP contribution in [0.5, 0.6) is 23.0 Å². The van der Waals surface area contributed by atoms with E-state index in [1.807, 2.05) is 72.8 Å². The maximum absolute atomic E-state index is 11.9. The maximum Gasteiger partial charge on any atom is 0.333 e. The number of benzene rings is 4. The lowest BCUT2D eigenvalue weighted by Crippen LogP contribution is -2.31. The van der Waals surface area contributed by atoms with Crippen LogP contribution in [0, 0.1) is 0 Å². The van der Waals surface area contributed by atoms with Gasteiger partial charge in [0.2, 0.25) is 0 Å². The van der Waals surface area contributed by atoms with Crippen LogP contribution in [-0.4, -0.2) is 76.7 Å². The van der Waals surface area contributed by atoms with Gasteiger partial charge < -0.3 is 37.9 Å². The number of ether oxygens (including phenoxy) is 8. The first kappa shape index (κ1) is 55.4. The van der Waals surface area contributed by atoms with E-state index in [2.05, 4.69) is 104 Å². The number of carbonyl (C=O) groups excluding carboxylic acids is 4. The van der Waals surface area contributed by atoms with Crippen LogP contribution in [0.2, 0.25) is 0 Å². The minimum atomic E-state index is -0.693. The number of hydrogen-bond donors (Lipinski definition) is 0. The first-order chi connectivity index (χ1) is 32.3. The van der Waals surface area contributed by atoms with Crippen molar-refractivity contribution in [3.05, 3.63) is 163 Å². The SMILES string of the molecule is C=CC(=O)OCCOc1c(Br)cc(C(C)(CCC(C)(c2ccc(OCCOC(=O)C(=C)C)cc2)c2ccc(OCCOC(=O)C(=C)C)cc2)c2cc(Br)c(OCCOC(=O)C=C)c(Br)c2)cc1Br. The van der Waals surface area contributed by atoms with E-state index in [1.165, 1.54) is 0 Å². The van der Waals surface area contributed by atoms with Crippen LogP contribution in [0.4, 0.5) is 0 Å². The lowest BCUT2D eigenvalue weighted by Gasteiger charge is -2.38. The molecule has 0 N–H and O–H groups in total. The molecule has 0 aliphatic rings. The number of halogens is 4. The van der Waals surface area contributed by atoms with Crippen LogP contribution in [0.15, 0.2) is 140 Å². The molecule has 12 nitrogen and oxygen atoms in total. The van der Waals surface area contributed by atoms with Gasteiger partial charge in [0.25, 0.3) is 0 Å². The van der Waals surface area contributed by atoms with Gasteiger partial charge in [0.15, 0.2) is 0 Å².